The molecule has 0 N–H and O–H groups in total. The lowest BCUT2D eigenvalue weighted by atomic mass is 10.0. The SMILES string of the molecule is C#Cc1ccc(-c2ccc3ccccc3c2)cc1. The standard InChI is InChI=1S/C18H12/c1-2-14-7-9-16(10-8-14)18-12-11-15-5-3-4-6-17(15)13-18/h1,3-13H. The lowest BCUT2D eigenvalue weighted by molar-refractivity contribution is 1.61. The molecule has 0 saturated carbocycles. The zero-order valence-corrected chi connectivity index (χ0v) is 9.93. The fourth-order valence-electron chi connectivity index (χ4n) is 2.13. The van der Waals surface area contributed by atoms with Gasteiger partial charge in [-0.15, -0.1) is 6.42 Å². The van der Waals surface area contributed by atoms with Crippen LogP contribution in [0, 0.1) is 12.3 Å². The van der Waals surface area contributed by atoms with Crippen molar-refractivity contribution in [2.75, 3.05) is 0 Å². The minimum atomic E-state index is 0.916. The molecule has 0 bridgehead atoms. The van der Waals surface area contributed by atoms with Crippen molar-refractivity contribution < 1.29 is 0 Å². The predicted molar refractivity (Wildman–Crippen MR) is 77.3 cm³/mol. The molecule has 84 valence electrons. The summed E-state index contributed by atoms with van der Waals surface area (Å²) in [7, 11) is 0. The normalized spacial score (nSPS) is 10.2. The molecule has 3 aromatic carbocycles. The molecule has 0 aromatic heterocycles. The molecule has 0 aliphatic rings. The molecule has 0 aliphatic heterocycles. The number of benzene rings is 3. The Bertz CT molecular complexity index is 728. The molecule has 0 fully saturated rings. The third kappa shape index (κ3) is 1.87. The molecule has 0 spiro atoms. The van der Waals surface area contributed by atoms with Crippen LogP contribution in [0.2, 0.25) is 0 Å². The Balaban J connectivity index is 2.10. The lowest BCUT2D eigenvalue weighted by Gasteiger charge is -2.04. The number of hydrogen-bond donors (Lipinski definition) is 0. The van der Waals surface area contributed by atoms with Crippen LogP contribution in [-0.2, 0) is 0 Å². The van der Waals surface area contributed by atoms with E-state index in [1.807, 2.05) is 12.1 Å². The van der Waals surface area contributed by atoms with Gasteiger partial charge in [0.25, 0.3) is 0 Å². The number of hydrogen-bond acceptors (Lipinski definition) is 0. The molecule has 0 heterocycles. The summed E-state index contributed by atoms with van der Waals surface area (Å²) in [5, 5.41) is 2.53. The van der Waals surface area contributed by atoms with Gasteiger partial charge in [0.2, 0.25) is 0 Å². The first-order valence-corrected chi connectivity index (χ1v) is 5.93. The summed E-state index contributed by atoms with van der Waals surface area (Å²) in [6.07, 6.45) is 5.36. The summed E-state index contributed by atoms with van der Waals surface area (Å²) >= 11 is 0. The maximum Gasteiger partial charge on any atom is 0.0243 e. The van der Waals surface area contributed by atoms with Gasteiger partial charge in [-0.25, -0.2) is 0 Å². The molecule has 0 aliphatic carbocycles. The molecular weight excluding hydrogens is 216 g/mol. The fraction of sp³-hybridized carbons (Fsp3) is 0. The van der Waals surface area contributed by atoms with Crippen molar-refractivity contribution in [3.63, 3.8) is 0 Å². The second kappa shape index (κ2) is 4.39. The van der Waals surface area contributed by atoms with Crippen LogP contribution >= 0.6 is 0 Å². The lowest BCUT2D eigenvalue weighted by Crippen LogP contribution is -1.80. The minimum absolute atomic E-state index is 0.916. The van der Waals surface area contributed by atoms with Crippen LogP contribution in [0.5, 0.6) is 0 Å². The maximum atomic E-state index is 5.36. The van der Waals surface area contributed by atoms with E-state index in [2.05, 4.69) is 60.5 Å². The van der Waals surface area contributed by atoms with Gasteiger partial charge in [0.1, 0.15) is 0 Å². The summed E-state index contributed by atoms with van der Waals surface area (Å²) in [6, 6.07) is 23.0. The zero-order valence-electron chi connectivity index (χ0n) is 9.93. The Hall–Kier alpha value is -2.52. The first-order valence-electron chi connectivity index (χ1n) is 5.93. The molecule has 3 aromatic rings. The van der Waals surface area contributed by atoms with E-state index in [9.17, 15) is 0 Å². The van der Waals surface area contributed by atoms with E-state index in [0.717, 1.165) is 5.56 Å². The average Bonchev–Trinajstić information content (AvgIpc) is 2.47. The second-order valence-corrected chi connectivity index (χ2v) is 4.28. The van der Waals surface area contributed by atoms with Crippen molar-refractivity contribution >= 4 is 10.8 Å². The molecule has 3 rings (SSSR count). The largest absolute Gasteiger partial charge is 0.115 e. The molecule has 0 radical (unpaired) electrons. The van der Waals surface area contributed by atoms with Crippen molar-refractivity contribution in [2.24, 2.45) is 0 Å². The molecule has 0 unspecified atom stereocenters. The quantitative estimate of drug-likeness (QED) is 0.538. The van der Waals surface area contributed by atoms with Crippen molar-refractivity contribution in [3.8, 4) is 23.5 Å². The highest BCUT2D eigenvalue weighted by molar-refractivity contribution is 5.87. The Kier molecular flexibility index (Phi) is 2.59. The molecule has 0 nitrogen and oxygen atoms in total. The van der Waals surface area contributed by atoms with Gasteiger partial charge in [0.05, 0.1) is 0 Å². The fourth-order valence-corrected chi connectivity index (χ4v) is 2.13. The highest BCUT2D eigenvalue weighted by atomic mass is 14.0. The van der Waals surface area contributed by atoms with Gasteiger partial charge in [-0.1, -0.05) is 54.5 Å². The van der Waals surface area contributed by atoms with Crippen LogP contribution in [0.4, 0.5) is 0 Å². The van der Waals surface area contributed by atoms with E-state index in [-0.39, 0.29) is 0 Å². The minimum Gasteiger partial charge on any atom is -0.115 e. The van der Waals surface area contributed by atoms with E-state index in [4.69, 9.17) is 6.42 Å². The Morgan fingerprint density at radius 1 is 0.667 bits per heavy atom. The van der Waals surface area contributed by atoms with E-state index in [1.165, 1.54) is 21.9 Å². The summed E-state index contributed by atoms with van der Waals surface area (Å²) in [5.41, 5.74) is 3.33. The van der Waals surface area contributed by atoms with Gasteiger partial charge in [-0.2, -0.15) is 0 Å². The Labute approximate surface area is 107 Å². The third-order valence-electron chi connectivity index (χ3n) is 3.13. The monoisotopic (exact) mass is 228 g/mol. The summed E-state index contributed by atoms with van der Waals surface area (Å²) in [6.45, 7) is 0. The summed E-state index contributed by atoms with van der Waals surface area (Å²) in [5.74, 6) is 2.64. The molecule has 0 atom stereocenters. The Morgan fingerprint density at radius 3 is 2.06 bits per heavy atom. The summed E-state index contributed by atoms with van der Waals surface area (Å²) in [4.78, 5) is 0. The van der Waals surface area contributed by atoms with Gasteiger partial charge >= 0.3 is 0 Å². The first-order chi connectivity index (χ1) is 8.86. The molecule has 0 amide bonds. The van der Waals surface area contributed by atoms with Crippen molar-refractivity contribution in [1.82, 2.24) is 0 Å². The average molecular weight is 228 g/mol. The van der Waals surface area contributed by atoms with E-state index in [1.54, 1.807) is 0 Å². The topological polar surface area (TPSA) is 0 Å². The maximum absolute atomic E-state index is 5.36. The van der Waals surface area contributed by atoms with E-state index in [0.29, 0.717) is 0 Å². The van der Waals surface area contributed by atoms with Crippen LogP contribution in [0.3, 0.4) is 0 Å². The predicted octanol–water partition coefficient (Wildman–Crippen LogP) is 4.49. The molecule has 0 saturated heterocycles. The van der Waals surface area contributed by atoms with E-state index >= 15 is 0 Å². The van der Waals surface area contributed by atoms with E-state index < -0.39 is 0 Å². The first kappa shape index (κ1) is 10.6. The van der Waals surface area contributed by atoms with Crippen LogP contribution in [0.1, 0.15) is 5.56 Å². The molecule has 18 heavy (non-hydrogen) atoms. The third-order valence-corrected chi connectivity index (χ3v) is 3.13. The van der Waals surface area contributed by atoms with Crippen molar-refractivity contribution in [3.05, 3.63) is 72.3 Å². The number of terminal acetylenes is 1. The van der Waals surface area contributed by atoms with Crippen LogP contribution in [-0.4, -0.2) is 0 Å². The van der Waals surface area contributed by atoms with Gasteiger partial charge < -0.3 is 0 Å². The zero-order chi connectivity index (χ0) is 12.4. The Morgan fingerprint density at radius 2 is 1.33 bits per heavy atom. The highest BCUT2D eigenvalue weighted by Gasteiger charge is 1.99. The molecular formula is C18H12. The van der Waals surface area contributed by atoms with Gasteiger partial charge in [0.15, 0.2) is 0 Å². The van der Waals surface area contributed by atoms with Crippen LogP contribution < -0.4 is 0 Å². The van der Waals surface area contributed by atoms with Crippen LogP contribution in [0.25, 0.3) is 21.9 Å². The van der Waals surface area contributed by atoms with Crippen molar-refractivity contribution in [1.29, 1.82) is 0 Å². The highest BCUT2D eigenvalue weighted by Crippen LogP contribution is 2.24. The van der Waals surface area contributed by atoms with Gasteiger partial charge in [0, 0.05) is 5.56 Å². The number of rotatable bonds is 1. The van der Waals surface area contributed by atoms with Crippen molar-refractivity contribution in [2.45, 2.75) is 0 Å². The van der Waals surface area contributed by atoms with Gasteiger partial charge in [-0.05, 0) is 40.1 Å². The van der Waals surface area contributed by atoms with Crippen LogP contribution in [0.15, 0.2) is 66.7 Å². The van der Waals surface area contributed by atoms with Gasteiger partial charge in [-0.3, -0.25) is 0 Å². The summed E-state index contributed by atoms with van der Waals surface area (Å²) < 4.78 is 0. The molecule has 0 heteroatoms. The smallest absolute Gasteiger partial charge is 0.0243 e. The number of fused-ring (bicyclic) bond motifs is 1. The second-order valence-electron chi connectivity index (χ2n) is 4.28.